The summed E-state index contributed by atoms with van der Waals surface area (Å²) in [6, 6.07) is 7.87. The topological polar surface area (TPSA) is 67.2 Å². The molecule has 0 unspecified atom stereocenters. The maximum atomic E-state index is 8.36. The SMILES string of the molecule is [N-]=[N+]=NC[C@H]1COc2cccc(-c3ccsc3)c2O1. The Morgan fingerprint density at radius 3 is 3.16 bits per heavy atom. The van der Waals surface area contributed by atoms with E-state index in [4.69, 9.17) is 15.0 Å². The van der Waals surface area contributed by atoms with Gasteiger partial charge in [-0.2, -0.15) is 11.3 Å². The van der Waals surface area contributed by atoms with Gasteiger partial charge in [0.15, 0.2) is 11.5 Å². The highest BCUT2D eigenvalue weighted by Crippen LogP contribution is 2.41. The molecule has 1 aromatic heterocycles. The van der Waals surface area contributed by atoms with Crippen molar-refractivity contribution in [2.24, 2.45) is 5.11 Å². The highest BCUT2D eigenvalue weighted by Gasteiger charge is 2.23. The number of nitrogens with zero attached hydrogens (tertiary/aromatic N) is 3. The van der Waals surface area contributed by atoms with Gasteiger partial charge in [-0.3, -0.25) is 0 Å². The minimum Gasteiger partial charge on any atom is -0.486 e. The standard InChI is InChI=1S/C13H11N3O2S/c14-16-15-6-10-7-17-12-3-1-2-11(13(12)18-10)9-4-5-19-8-9/h1-5,8,10H,6-7H2/t10-/m0/s1. The Hall–Kier alpha value is -2.17. The van der Waals surface area contributed by atoms with Crippen molar-refractivity contribution in [2.45, 2.75) is 6.10 Å². The molecule has 0 N–H and O–H groups in total. The number of thiophene rings is 1. The van der Waals surface area contributed by atoms with E-state index in [1.807, 2.05) is 29.6 Å². The molecule has 1 aliphatic rings. The number of ether oxygens (including phenoxy) is 2. The summed E-state index contributed by atoms with van der Waals surface area (Å²) in [6.45, 7) is 0.674. The molecule has 2 heterocycles. The van der Waals surface area contributed by atoms with E-state index < -0.39 is 0 Å². The van der Waals surface area contributed by atoms with Crippen LogP contribution in [-0.4, -0.2) is 19.3 Å². The van der Waals surface area contributed by atoms with Crippen LogP contribution < -0.4 is 9.47 Å². The zero-order valence-corrected chi connectivity index (χ0v) is 10.8. The zero-order chi connectivity index (χ0) is 13.1. The fourth-order valence-electron chi connectivity index (χ4n) is 2.00. The van der Waals surface area contributed by atoms with Gasteiger partial charge in [-0.1, -0.05) is 17.2 Å². The molecule has 0 saturated heterocycles. The van der Waals surface area contributed by atoms with Gasteiger partial charge >= 0.3 is 0 Å². The van der Waals surface area contributed by atoms with Crippen LogP contribution >= 0.6 is 11.3 Å². The molecule has 19 heavy (non-hydrogen) atoms. The average molecular weight is 273 g/mol. The Bertz CT molecular complexity index is 621. The number of fused-ring (bicyclic) bond motifs is 1. The van der Waals surface area contributed by atoms with E-state index in [0.29, 0.717) is 6.61 Å². The fraction of sp³-hybridized carbons (Fsp3) is 0.231. The summed E-state index contributed by atoms with van der Waals surface area (Å²) >= 11 is 1.64. The molecule has 1 aliphatic heterocycles. The second kappa shape index (κ2) is 5.22. The smallest absolute Gasteiger partial charge is 0.169 e. The van der Waals surface area contributed by atoms with Crippen molar-refractivity contribution in [3.8, 4) is 22.6 Å². The molecular formula is C13H11N3O2S. The van der Waals surface area contributed by atoms with Crippen molar-refractivity contribution in [3.63, 3.8) is 0 Å². The molecule has 1 aromatic carbocycles. The number of benzene rings is 1. The van der Waals surface area contributed by atoms with Crippen molar-refractivity contribution in [2.75, 3.05) is 13.2 Å². The van der Waals surface area contributed by atoms with Crippen molar-refractivity contribution >= 4 is 11.3 Å². The normalized spacial score (nSPS) is 16.7. The van der Waals surface area contributed by atoms with Crippen LogP contribution in [0.5, 0.6) is 11.5 Å². The number of rotatable bonds is 3. The van der Waals surface area contributed by atoms with Crippen LogP contribution in [-0.2, 0) is 0 Å². The number of hydrogen-bond acceptors (Lipinski definition) is 4. The molecular weight excluding hydrogens is 262 g/mol. The summed E-state index contributed by atoms with van der Waals surface area (Å²) in [5.74, 6) is 1.46. The summed E-state index contributed by atoms with van der Waals surface area (Å²) in [4.78, 5) is 2.75. The molecule has 0 spiro atoms. The minimum atomic E-state index is -0.233. The lowest BCUT2D eigenvalue weighted by atomic mass is 10.1. The van der Waals surface area contributed by atoms with Crippen LogP contribution in [0, 0.1) is 0 Å². The Kier molecular flexibility index (Phi) is 3.27. The lowest BCUT2D eigenvalue weighted by molar-refractivity contribution is 0.0977. The molecule has 0 amide bonds. The summed E-state index contributed by atoms with van der Waals surface area (Å²) < 4.78 is 11.6. The van der Waals surface area contributed by atoms with Crippen molar-refractivity contribution in [1.82, 2.24) is 0 Å². The second-order valence-corrected chi connectivity index (χ2v) is 4.89. The molecule has 0 fully saturated rings. The van der Waals surface area contributed by atoms with E-state index >= 15 is 0 Å². The van der Waals surface area contributed by atoms with E-state index in [-0.39, 0.29) is 12.6 Å². The predicted octanol–water partition coefficient (Wildman–Crippen LogP) is 3.87. The Morgan fingerprint density at radius 2 is 2.37 bits per heavy atom. The van der Waals surface area contributed by atoms with E-state index in [1.165, 1.54) is 0 Å². The van der Waals surface area contributed by atoms with Crippen molar-refractivity contribution < 1.29 is 9.47 Å². The molecule has 96 valence electrons. The highest BCUT2D eigenvalue weighted by atomic mass is 32.1. The fourth-order valence-corrected chi connectivity index (χ4v) is 2.65. The third-order valence-electron chi connectivity index (χ3n) is 2.87. The highest BCUT2D eigenvalue weighted by molar-refractivity contribution is 7.08. The minimum absolute atomic E-state index is 0.233. The first-order valence-electron chi connectivity index (χ1n) is 5.84. The maximum Gasteiger partial charge on any atom is 0.169 e. The van der Waals surface area contributed by atoms with Crippen LogP contribution in [0.25, 0.3) is 21.6 Å². The van der Waals surface area contributed by atoms with Gasteiger partial charge < -0.3 is 9.47 Å². The predicted molar refractivity (Wildman–Crippen MR) is 73.7 cm³/mol. The van der Waals surface area contributed by atoms with Gasteiger partial charge in [-0.15, -0.1) is 0 Å². The van der Waals surface area contributed by atoms with Crippen molar-refractivity contribution in [1.29, 1.82) is 0 Å². The number of para-hydroxylation sites is 1. The van der Waals surface area contributed by atoms with Gasteiger partial charge in [0.2, 0.25) is 0 Å². The number of hydrogen-bond donors (Lipinski definition) is 0. The first-order valence-corrected chi connectivity index (χ1v) is 6.78. The van der Waals surface area contributed by atoms with Crippen LogP contribution in [0.2, 0.25) is 0 Å². The lowest BCUT2D eigenvalue weighted by Gasteiger charge is -2.27. The summed E-state index contributed by atoms with van der Waals surface area (Å²) in [6.07, 6.45) is -0.233. The van der Waals surface area contributed by atoms with Crippen molar-refractivity contribution in [3.05, 3.63) is 45.5 Å². The number of azide groups is 1. The van der Waals surface area contributed by atoms with Crippen LogP contribution in [0.3, 0.4) is 0 Å². The molecule has 3 rings (SSSR count). The summed E-state index contributed by atoms with van der Waals surface area (Å²) in [5, 5.41) is 7.63. The van der Waals surface area contributed by atoms with Crippen LogP contribution in [0.4, 0.5) is 0 Å². The second-order valence-electron chi connectivity index (χ2n) is 4.11. The monoisotopic (exact) mass is 273 g/mol. The van der Waals surface area contributed by atoms with Crippen LogP contribution in [0.1, 0.15) is 0 Å². The Balaban J connectivity index is 1.95. The Morgan fingerprint density at radius 1 is 1.42 bits per heavy atom. The summed E-state index contributed by atoms with van der Waals surface area (Å²) in [7, 11) is 0. The molecule has 0 bridgehead atoms. The van der Waals surface area contributed by atoms with Gasteiger partial charge in [-0.05, 0) is 34.0 Å². The molecule has 5 nitrogen and oxygen atoms in total. The first-order chi connectivity index (χ1) is 9.38. The quantitative estimate of drug-likeness (QED) is 0.484. The maximum absolute atomic E-state index is 8.36. The Labute approximate surface area is 114 Å². The zero-order valence-electron chi connectivity index (χ0n) is 10.0. The van der Waals surface area contributed by atoms with E-state index in [9.17, 15) is 0 Å². The van der Waals surface area contributed by atoms with Gasteiger partial charge in [0, 0.05) is 10.5 Å². The van der Waals surface area contributed by atoms with Gasteiger partial charge in [0.05, 0.1) is 6.54 Å². The third-order valence-corrected chi connectivity index (χ3v) is 3.55. The third kappa shape index (κ3) is 2.36. The van der Waals surface area contributed by atoms with Gasteiger partial charge in [0.25, 0.3) is 0 Å². The molecule has 6 heteroatoms. The molecule has 0 saturated carbocycles. The molecule has 1 atom stereocenters. The molecule has 0 aliphatic carbocycles. The average Bonchev–Trinajstić information content (AvgIpc) is 2.98. The van der Waals surface area contributed by atoms with Gasteiger partial charge in [0.1, 0.15) is 12.7 Å². The molecule has 2 aromatic rings. The van der Waals surface area contributed by atoms with E-state index in [2.05, 4.69) is 15.4 Å². The first kappa shape index (κ1) is 11.9. The largest absolute Gasteiger partial charge is 0.486 e. The van der Waals surface area contributed by atoms with Gasteiger partial charge in [-0.25, -0.2) is 0 Å². The molecule has 0 radical (unpaired) electrons. The van der Waals surface area contributed by atoms with E-state index in [1.54, 1.807) is 11.3 Å². The summed E-state index contributed by atoms with van der Waals surface area (Å²) in [5.41, 5.74) is 10.5. The van der Waals surface area contributed by atoms with Crippen LogP contribution in [0.15, 0.2) is 40.1 Å². The lowest BCUT2D eigenvalue weighted by Crippen LogP contribution is -2.31. The van der Waals surface area contributed by atoms with E-state index in [0.717, 1.165) is 22.6 Å².